The monoisotopic (exact) mass is 411 g/mol. The first-order valence-corrected chi connectivity index (χ1v) is 11.6. The van der Waals surface area contributed by atoms with E-state index in [4.69, 9.17) is 0 Å². The molecule has 152 valence electrons. The third-order valence-electron chi connectivity index (χ3n) is 5.61. The molecule has 0 bridgehead atoms. The quantitative estimate of drug-likeness (QED) is 0.667. The van der Waals surface area contributed by atoms with Crippen molar-refractivity contribution in [3.63, 3.8) is 0 Å². The minimum Gasteiger partial charge on any atom is -0.361 e. The molecule has 2 N–H and O–H groups in total. The molecule has 1 aromatic heterocycles. The fourth-order valence-corrected chi connectivity index (χ4v) is 4.61. The molecule has 0 radical (unpaired) electrons. The van der Waals surface area contributed by atoms with Crippen LogP contribution in [0.15, 0.2) is 54.7 Å². The lowest BCUT2D eigenvalue weighted by Gasteiger charge is -2.32. The number of aromatic nitrogens is 1. The van der Waals surface area contributed by atoms with Gasteiger partial charge in [0.1, 0.15) is 0 Å². The van der Waals surface area contributed by atoms with E-state index in [2.05, 4.69) is 34.1 Å². The van der Waals surface area contributed by atoms with Gasteiger partial charge in [0.25, 0.3) is 5.91 Å². The van der Waals surface area contributed by atoms with Crippen LogP contribution in [0.1, 0.15) is 41.6 Å². The number of hydrogen-bond donors (Lipinski definition) is 2. The third-order valence-corrected chi connectivity index (χ3v) is 6.91. The van der Waals surface area contributed by atoms with Crippen molar-refractivity contribution in [2.75, 3.05) is 23.6 Å². The van der Waals surface area contributed by atoms with Crippen LogP contribution in [0, 0.1) is 0 Å². The zero-order valence-electron chi connectivity index (χ0n) is 16.4. The Labute approximate surface area is 171 Å². The van der Waals surface area contributed by atoms with Crippen LogP contribution < -0.4 is 4.72 Å². The summed E-state index contributed by atoms with van der Waals surface area (Å²) in [6.45, 7) is 2.96. The number of carbonyl (C=O) groups is 1. The highest BCUT2D eigenvalue weighted by atomic mass is 32.2. The van der Waals surface area contributed by atoms with E-state index in [0.717, 1.165) is 18.4 Å². The van der Waals surface area contributed by atoms with Crippen LogP contribution in [0.25, 0.3) is 10.9 Å². The molecule has 29 heavy (non-hydrogen) atoms. The highest BCUT2D eigenvalue weighted by Gasteiger charge is 2.26. The molecule has 1 amide bonds. The van der Waals surface area contributed by atoms with Crippen molar-refractivity contribution in [1.29, 1.82) is 0 Å². The van der Waals surface area contributed by atoms with Crippen LogP contribution in [0.2, 0.25) is 0 Å². The summed E-state index contributed by atoms with van der Waals surface area (Å²) in [7, 11) is -3.37. The summed E-state index contributed by atoms with van der Waals surface area (Å²) < 4.78 is 26.1. The van der Waals surface area contributed by atoms with Gasteiger partial charge in [-0.1, -0.05) is 24.3 Å². The minimum atomic E-state index is -3.37. The Bertz CT molecular complexity index is 1130. The summed E-state index contributed by atoms with van der Waals surface area (Å²) in [6, 6.07) is 15.0. The maximum atomic E-state index is 12.9. The fraction of sp³-hybridized carbons (Fsp3) is 0.318. The number of nitrogens with zero attached hydrogens (tertiary/aromatic N) is 1. The zero-order chi connectivity index (χ0) is 20.4. The van der Waals surface area contributed by atoms with E-state index >= 15 is 0 Å². The van der Waals surface area contributed by atoms with Crippen molar-refractivity contribution in [3.8, 4) is 0 Å². The van der Waals surface area contributed by atoms with Crippen molar-refractivity contribution in [2.24, 2.45) is 0 Å². The zero-order valence-corrected chi connectivity index (χ0v) is 17.2. The van der Waals surface area contributed by atoms with Crippen LogP contribution in [-0.2, 0) is 10.0 Å². The van der Waals surface area contributed by atoms with E-state index < -0.39 is 10.0 Å². The molecule has 2 aromatic carbocycles. The van der Waals surface area contributed by atoms with E-state index in [1.165, 1.54) is 10.9 Å². The van der Waals surface area contributed by atoms with Gasteiger partial charge in [-0.2, -0.15) is 0 Å². The van der Waals surface area contributed by atoms with Crippen LogP contribution in [-0.4, -0.2) is 43.1 Å². The van der Waals surface area contributed by atoms with Crippen molar-refractivity contribution >= 4 is 32.5 Å². The van der Waals surface area contributed by atoms with Gasteiger partial charge < -0.3 is 9.88 Å². The number of sulfonamides is 1. The number of para-hydroxylation sites is 1. The molecular weight excluding hydrogens is 386 g/mol. The van der Waals surface area contributed by atoms with E-state index in [1.54, 1.807) is 31.2 Å². The second-order valence-electron chi connectivity index (χ2n) is 7.44. The Morgan fingerprint density at radius 2 is 1.90 bits per heavy atom. The first-order chi connectivity index (χ1) is 14.0. The third kappa shape index (κ3) is 4.15. The first-order valence-electron chi connectivity index (χ1n) is 9.92. The number of hydrogen-bond acceptors (Lipinski definition) is 3. The molecule has 0 atom stereocenters. The predicted molar refractivity (Wildman–Crippen MR) is 116 cm³/mol. The van der Waals surface area contributed by atoms with Crippen molar-refractivity contribution < 1.29 is 13.2 Å². The number of piperidine rings is 1. The van der Waals surface area contributed by atoms with Crippen LogP contribution in [0.4, 0.5) is 5.69 Å². The molecule has 0 saturated carbocycles. The van der Waals surface area contributed by atoms with Gasteiger partial charge in [0.15, 0.2) is 0 Å². The smallest absolute Gasteiger partial charge is 0.253 e. The van der Waals surface area contributed by atoms with E-state index in [9.17, 15) is 13.2 Å². The number of nitrogens with one attached hydrogen (secondary N) is 2. The summed E-state index contributed by atoms with van der Waals surface area (Å²) in [4.78, 5) is 18.1. The summed E-state index contributed by atoms with van der Waals surface area (Å²) in [5.74, 6) is 0.366. The maximum absolute atomic E-state index is 12.9. The molecule has 2 heterocycles. The van der Waals surface area contributed by atoms with Crippen molar-refractivity contribution in [2.45, 2.75) is 25.7 Å². The molecule has 0 aliphatic carbocycles. The molecule has 1 saturated heterocycles. The van der Waals surface area contributed by atoms with E-state index in [-0.39, 0.29) is 11.7 Å². The molecule has 1 aliphatic rings. The van der Waals surface area contributed by atoms with Crippen molar-refractivity contribution in [3.05, 3.63) is 65.9 Å². The number of amides is 1. The summed E-state index contributed by atoms with van der Waals surface area (Å²) in [6.07, 6.45) is 3.92. The summed E-state index contributed by atoms with van der Waals surface area (Å²) in [5, 5.41) is 1.26. The number of carbonyl (C=O) groups excluding carboxylic acids is 1. The Morgan fingerprint density at radius 3 is 2.66 bits per heavy atom. The predicted octanol–water partition coefficient (Wildman–Crippen LogP) is 3.95. The molecule has 0 unspecified atom stereocenters. The van der Waals surface area contributed by atoms with Gasteiger partial charge in [-0.15, -0.1) is 0 Å². The van der Waals surface area contributed by atoms with E-state index in [0.29, 0.717) is 30.3 Å². The largest absolute Gasteiger partial charge is 0.361 e. The van der Waals surface area contributed by atoms with E-state index in [1.807, 2.05) is 11.0 Å². The highest BCUT2D eigenvalue weighted by Crippen LogP contribution is 2.33. The molecule has 4 rings (SSSR count). The van der Waals surface area contributed by atoms with Gasteiger partial charge in [-0.3, -0.25) is 9.52 Å². The van der Waals surface area contributed by atoms with Crippen LogP contribution in [0.3, 0.4) is 0 Å². The van der Waals surface area contributed by atoms with Crippen LogP contribution >= 0.6 is 0 Å². The lowest BCUT2D eigenvalue weighted by atomic mass is 9.89. The van der Waals surface area contributed by atoms with Gasteiger partial charge >= 0.3 is 0 Å². The Morgan fingerprint density at radius 1 is 1.14 bits per heavy atom. The number of benzene rings is 2. The van der Waals surface area contributed by atoms with Crippen molar-refractivity contribution in [1.82, 2.24) is 9.88 Å². The lowest BCUT2D eigenvalue weighted by Crippen LogP contribution is -2.37. The Kier molecular flexibility index (Phi) is 5.32. The molecule has 6 nitrogen and oxygen atoms in total. The Hall–Kier alpha value is -2.80. The molecule has 1 aliphatic heterocycles. The second kappa shape index (κ2) is 7.91. The molecule has 1 fully saturated rings. The first kappa shape index (κ1) is 19.5. The van der Waals surface area contributed by atoms with Gasteiger partial charge in [0.05, 0.1) is 5.75 Å². The Balaban J connectivity index is 1.44. The second-order valence-corrected chi connectivity index (χ2v) is 9.45. The van der Waals surface area contributed by atoms with Gasteiger partial charge in [0.2, 0.25) is 10.0 Å². The normalized spacial score (nSPS) is 15.6. The van der Waals surface area contributed by atoms with Gasteiger partial charge in [-0.05, 0) is 55.5 Å². The minimum absolute atomic E-state index is 0.00742. The SMILES string of the molecule is CCS(=O)(=O)Nc1cccc(C(=O)N2CCC(c3c[nH]c4ccccc34)CC2)c1. The summed E-state index contributed by atoms with van der Waals surface area (Å²) in [5.41, 5.74) is 3.40. The number of likely N-dealkylation sites (tertiary alicyclic amines) is 1. The van der Waals surface area contributed by atoms with Crippen LogP contribution in [0.5, 0.6) is 0 Å². The summed E-state index contributed by atoms with van der Waals surface area (Å²) >= 11 is 0. The number of rotatable bonds is 5. The lowest BCUT2D eigenvalue weighted by molar-refractivity contribution is 0.0713. The average Bonchev–Trinajstić information content (AvgIpc) is 3.17. The van der Waals surface area contributed by atoms with Gasteiger partial charge in [-0.25, -0.2) is 8.42 Å². The molecular formula is C22H25N3O3S. The molecule has 7 heteroatoms. The molecule has 0 spiro atoms. The fourth-order valence-electron chi connectivity index (χ4n) is 3.98. The number of fused-ring (bicyclic) bond motifs is 1. The number of anilines is 1. The number of H-pyrrole nitrogens is 1. The standard InChI is InChI=1S/C22H25N3O3S/c1-2-29(27,28)24-18-7-5-6-17(14-18)22(26)25-12-10-16(11-13-25)20-15-23-21-9-4-3-8-19(20)21/h3-9,14-16,23-24H,2,10-13H2,1H3. The molecule has 3 aromatic rings. The topological polar surface area (TPSA) is 82.3 Å². The van der Waals surface area contributed by atoms with Gasteiger partial charge in [0, 0.05) is 41.4 Å². The maximum Gasteiger partial charge on any atom is 0.253 e. The average molecular weight is 412 g/mol. The number of aromatic amines is 1. The highest BCUT2D eigenvalue weighted by molar-refractivity contribution is 7.92.